The Morgan fingerprint density at radius 3 is 2.90 bits per heavy atom. The summed E-state index contributed by atoms with van der Waals surface area (Å²) < 4.78 is 0. The summed E-state index contributed by atoms with van der Waals surface area (Å²) >= 11 is 0. The highest BCUT2D eigenvalue weighted by Gasteiger charge is 2.29. The highest BCUT2D eigenvalue weighted by molar-refractivity contribution is 5.94. The zero-order chi connectivity index (χ0) is 14.1. The van der Waals surface area contributed by atoms with E-state index in [0.29, 0.717) is 0 Å². The van der Waals surface area contributed by atoms with Crippen LogP contribution < -0.4 is 5.43 Å². The fourth-order valence-corrected chi connectivity index (χ4v) is 2.85. The van der Waals surface area contributed by atoms with Crippen molar-refractivity contribution in [3.63, 3.8) is 0 Å². The van der Waals surface area contributed by atoms with Crippen molar-refractivity contribution in [2.24, 2.45) is 0 Å². The van der Waals surface area contributed by atoms with Gasteiger partial charge in [0.15, 0.2) is 5.43 Å². The number of pyridine rings is 1. The summed E-state index contributed by atoms with van der Waals surface area (Å²) in [5, 5.41) is 0. The molecule has 2 aromatic rings. The number of rotatable bonds is 2. The standard InChI is InChI=1S/C16H16N2O2/c1-18(16(20)13-10-17-9-8-15(13)19)14-7-6-11-4-2-3-5-12(11)14/h2-5,8-10,14H,6-7H2,1H3,(H,17,19). The maximum atomic E-state index is 12.5. The Balaban J connectivity index is 1.91. The lowest BCUT2D eigenvalue weighted by Crippen LogP contribution is -2.33. The molecule has 4 heteroatoms. The molecule has 1 atom stereocenters. The average Bonchev–Trinajstić information content (AvgIpc) is 2.90. The van der Waals surface area contributed by atoms with E-state index in [4.69, 9.17) is 0 Å². The largest absolute Gasteiger partial charge is 0.367 e. The summed E-state index contributed by atoms with van der Waals surface area (Å²) in [6, 6.07) is 9.60. The van der Waals surface area contributed by atoms with Gasteiger partial charge >= 0.3 is 0 Å². The molecular formula is C16H16N2O2. The van der Waals surface area contributed by atoms with Crippen molar-refractivity contribution in [1.82, 2.24) is 9.88 Å². The van der Waals surface area contributed by atoms with Crippen molar-refractivity contribution >= 4 is 5.91 Å². The van der Waals surface area contributed by atoms with Crippen LogP contribution in [-0.4, -0.2) is 22.8 Å². The number of hydrogen-bond acceptors (Lipinski definition) is 2. The van der Waals surface area contributed by atoms with E-state index in [-0.39, 0.29) is 22.9 Å². The van der Waals surface area contributed by atoms with Crippen molar-refractivity contribution in [2.45, 2.75) is 18.9 Å². The zero-order valence-electron chi connectivity index (χ0n) is 11.3. The van der Waals surface area contributed by atoms with E-state index in [9.17, 15) is 9.59 Å². The van der Waals surface area contributed by atoms with E-state index >= 15 is 0 Å². The number of aromatic nitrogens is 1. The number of H-pyrrole nitrogens is 1. The van der Waals surface area contributed by atoms with Gasteiger partial charge in [-0.25, -0.2) is 0 Å². The molecule has 0 saturated heterocycles. The summed E-state index contributed by atoms with van der Waals surface area (Å²) in [4.78, 5) is 28.7. The van der Waals surface area contributed by atoms with Gasteiger partial charge in [-0.3, -0.25) is 9.59 Å². The molecule has 1 aliphatic rings. The molecule has 0 aliphatic heterocycles. The van der Waals surface area contributed by atoms with Gasteiger partial charge in [0.1, 0.15) is 5.56 Å². The highest BCUT2D eigenvalue weighted by atomic mass is 16.2. The van der Waals surface area contributed by atoms with E-state index < -0.39 is 0 Å². The number of nitrogens with one attached hydrogen (secondary N) is 1. The molecule has 1 heterocycles. The Kier molecular flexibility index (Phi) is 3.14. The molecule has 1 unspecified atom stereocenters. The van der Waals surface area contributed by atoms with Gasteiger partial charge in [-0.1, -0.05) is 24.3 Å². The Morgan fingerprint density at radius 2 is 2.10 bits per heavy atom. The molecule has 20 heavy (non-hydrogen) atoms. The molecule has 4 nitrogen and oxygen atoms in total. The second-order valence-electron chi connectivity index (χ2n) is 5.09. The molecule has 1 N–H and O–H groups in total. The third-order valence-corrected chi connectivity index (χ3v) is 3.94. The predicted octanol–water partition coefficient (Wildman–Crippen LogP) is 2.13. The number of hydrogen-bond donors (Lipinski definition) is 1. The fraction of sp³-hybridized carbons (Fsp3) is 0.250. The number of nitrogens with zero attached hydrogens (tertiary/aromatic N) is 1. The molecule has 1 amide bonds. The van der Waals surface area contributed by atoms with Crippen LogP contribution >= 0.6 is 0 Å². The Hall–Kier alpha value is -2.36. The lowest BCUT2D eigenvalue weighted by molar-refractivity contribution is 0.0729. The number of fused-ring (bicyclic) bond motifs is 1. The number of aryl methyl sites for hydroxylation is 1. The minimum Gasteiger partial charge on any atom is -0.367 e. The van der Waals surface area contributed by atoms with Crippen LogP contribution in [0.2, 0.25) is 0 Å². The first kappa shape index (κ1) is 12.7. The maximum absolute atomic E-state index is 12.5. The van der Waals surface area contributed by atoms with Crippen LogP contribution in [0.5, 0.6) is 0 Å². The van der Waals surface area contributed by atoms with Crippen LogP contribution in [0.3, 0.4) is 0 Å². The molecule has 1 aromatic carbocycles. The Morgan fingerprint density at radius 1 is 1.30 bits per heavy atom. The lowest BCUT2D eigenvalue weighted by atomic mass is 10.1. The molecule has 0 saturated carbocycles. The van der Waals surface area contributed by atoms with Crippen LogP contribution in [0, 0.1) is 0 Å². The summed E-state index contributed by atoms with van der Waals surface area (Å²) in [6.07, 6.45) is 4.89. The quantitative estimate of drug-likeness (QED) is 0.907. The van der Waals surface area contributed by atoms with Crippen LogP contribution in [0.15, 0.2) is 47.5 Å². The summed E-state index contributed by atoms with van der Waals surface area (Å²) in [5.41, 5.74) is 2.43. The SMILES string of the molecule is CN(C(=O)c1c[nH]ccc1=O)C1CCc2ccccc21. The van der Waals surface area contributed by atoms with Crippen LogP contribution in [0.4, 0.5) is 0 Å². The van der Waals surface area contributed by atoms with Crippen LogP contribution in [-0.2, 0) is 6.42 Å². The topological polar surface area (TPSA) is 53.2 Å². The van der Waals surface area contributed by atoms with Crippen molar-refractivity contribution in [2.75, 3.05) is 7.05 Å². The summed E-state index contributed by atoms with van der Waals surface area (Å²) in [6.45, 7) is 0. The number of benzene rings is 1. The molecule has 0 radical (unpaired) electrons. The molecule has 0 bridgehead atoms. The van der Waals surface area contributed by atoms with Gasteiger partial charge in [-0.2, -0.15) is 0 Å². The van der Waals surface area contributed by atoms with Gasteiger partial charge in [0, 0.05) is 25.5 Å². The van der Waals surface area contributed by atoms with Gasteiger partial charge in [-0.15, -0.1) is 0 Å². The minimum absolute atomic E-state index is 0.0540. The molecule has 0 fully saturated rings. The van der Waals surface area contributed by atoms with E-state index in [1.807, 2.05) is 12.1 Å². The summed E-state index contributed by atoms with van der Waals surface area (Å²) in [5.74, 6) is -0.228. The lowest BCUT2D eigenvalue weighted by Gasteiger charge is -2.25. The number of aromatic amines is 1. The molecule has 102 valence electrons. The molecular weight excluding hydrogens is 252 g/mol. The predicted molar refractivity (Wildman–Crippen MR) is 76.7 cm³/mol. The second-order valence-corrected chi connectivity index (χ2v) is 5.09. The Labute approximate surface area is 117 Å². The molecule has 0 spiro atoms. The normalized spacial score (nSPS) is 16.8. The molecule has 1 aromatic heterocycles. The first-order valence-electron chi connectivity index (χ1n) is 6.70. The molecule has 3 rings (SSSR count). The number of carbonyl (C=O) groups excluding carboxylic acids is 1. The van der Waals surface area contributed by atoms with Crippen molar-refractivity contribution < 1.29 is 4.79 Å². The Bertz CT molecular complexity index is 705. The third-order valence-electron chi connectivity index (χ3n) is 3.94. The number of amides is 1. The van der Waals surface area contributed by atoms with Crippen molar-refractivity contribution in [1.29, 1.82) is 0 Å². The number of carbonyl (C=O) groups is 1. The van der Waals surface area contributed by atoms with E-state index in [1.165, 1.54) is 29.6 Å². The van der Waals surface area contributed by atoms with E-state index in [2.05, 4.69) is 17.1 Å². The second kappa shape index (κ2) is 4.96. The third kappa shape index (κ3) is 2.03. The average molecular weight is 268 g/mol. The van der Waals surface area contributed by atoms with Gasteiger partial charge in [0.05, 0.1) is 6.04 Å². The first-order valence-corrected chi connectivity index (χ1v) is 6.70. The van der Waals surface area contributed by atoms with E-state index in [0.717, 1.165) is 12.8 Å². The smallest absolute Gasteiger partial charge is 0.259 e. The summed E-state index contributed by atoms with van der Waals surface area (Å²) in [7, 11) is 1.77. The zero-order valence-corrected chi connectivity index (χ0v) is 11.3. The van der Waals surface area contributed by atoms with Crippen LogP contribution in [0.1, 0.15) is 33.9 Å². The first-order chi connectivity index (χ1) is 9.68. The maximum Gasteiger partial charge on any atom is 0.259 e. The fourth-order valence-electron chi connectivity index (χ4n) is 2.85. The van der Waals surface area contributed by atoms with E-state index in [1.54, 1.807) is 11.9 Å². The monoisotopic (exact) mass is 268 g/mol. The molecule has 1 aliphatic carbocycles. The van der Waals surface area contributed by atoms with Gasteiger partial charge in [0.25, 0.3) is 5.91 Å². The highest BCUT2D eigenvalue weighted by Crippen LogP contribution is 2.35. The van der Waals surface area contributed by atoms with Crippen molar-refractivity contribution in [3.8, 4) is 0 Å². The van der Waals surface area contributed by atoms with Gasteiger partial charge in [0.2, 0.25) is 0 Å². The van der Waals surface area contributed by atoms with Gasteiger partial charge < -0.3 is 9.88 Å². The minimum atomic E-state index is -0.244. The van der Waals surface area contributed by atoms with Crippen LogP contribution in [0.25, 0.3) is 0 Å². The van der Waals surface area contributed by atoms with Gasteiger partial charge in [-0.05, 0) is 24.0 Å². The van der Waals surface area contributed by atoms with Crippen molar-refractivity contribution in [3.05, 3.63) is 69.6 Å².